The fourth-order valence-electron chi connectivity index (χ4n) is 4.82. The third-order valence-corrected chi connectivity index (χ3v) is 10.6. The second-order valence-electron chi connectivity index (χ2n) is 12.9. The zero-order chi connectivity index (χ0) is 39.6. The van der Waals surface area contributed by atoms with E-state index in [1.807, 2.05) is 39.0 Å². The van der Waals surface area contributed by atoms with Gasteiger partial charge in [0.25, 0.3) is 0 Å². The van der Waals surface area contributed by atoms with Gasteiger partial charge in [0, 0.05) is 18.6 Å². The van der Waals surface area contributed by atoms with Crippen molar-refractivity contribution in [1.29, 1.82) is 0 Å². The number of halogens is 6. The summed E-state index contributed by atoms with van der Waals surface area (Å²) >= 11 is 0. The van der Waals surface area contributed by atoms with Crippen LogP contribution in [0.3, 0.4) is 0 Å². The molecule has 0 atom stereocenters. The predicted octanol–water partition coefficient (Wildman–Crippen LogP) is 9.58. The number of rotatable bonds is 20. The Morgan fingerprint density at radius 2 is 1.29 bits per heavy atom. The molecule has 2 rings (SSSR count). The molecule has 0 unspecified atom stereocenters. The van der Waals surface area contributed by atoms with Crippen LogP contribution in [0.1, 0.15) is 115 Å². The van der Waals surface area contributed by atoms with Gasteiger partial charge in [0.05, 0.1) is 12.1 Å². The number of nitrogens with zero attached hydrogens (tertiary/aromatic N) is 2. The van der Waals surface area contributed by atoms with Gasteiger partial charge in [-0.25, -0.2) is 26.2 Å². The monoisotopic (exact) mass is 787 g/mol. The number of benzene rings is 1. The van der Waals surface area contributed by atoms with Gasteiger partial charge in [-0.05, 0) is 62.8 Å². The van der Waals surface area contributed by atoms with Crippen molar-refractivity contribution in [2.45, 2.75) is 128 Å². The number of allylic oxidation sites excluding steroid dienone is 1. The molecule has 1 amide bonds. The minimum absolute atomic E-state index is 0.349. The molecule has 0 fully saturated rings. The van der Waals surface area contributed by atoms with Crippen LogP contribution in [0, 0.1) is 0 Å². The fourth-order valence-corrected chi connectivity index (χ4v) is 6.53. The first kappa shape index (κ1) is 46.8. The van der Waals surface area contributed by atoms with Crippen LogP contribution in [0.15, 0.2) is 55.4 Å². The Morgan fingerprint density at radius 1 is 0.808 bits per heavy atom. The molecule has 0 saturated heterocycles. The molecule has 0 spiro atoms. The van der Waals surface area contributed by atoms with Crippen molar-refractivity contribution >= 4 is 31.7 Å². The first-order chi connectivity index (χ1) is 24.0. The van der Waals surface area contributed by atoms with Crippen LogP contribution >= 0.6 is 0 Å². The number of ether oxygens (including phenoxy) is 1. The zero-order valence-corrected chi connectivity index (χ0v) is 31.8. The van der Waals surface area contributed by atoms with E-state index in [4.69, 9.17) is 4.74 Å². The molecule has 1 aromatic heterocycles. The molecule has 2 aromatic rings. The van der Waals surface area contributed by atoms with Crippen molar-refractivity contribution in [2.24, 2.45) is 0 Å². The van der Waals surface area contributed by atoms with E-state index in [0.717, 1.165) is 40.2 Å². The third kappa shape index (κ3) is 17.6. The van der Waals surface area contributed by atoms with Gasteiger partial charge < -0.3 is 14.2 Å². The molecule has 1 aromatic carbocycles. The van der Waals surface area contributed by atoms with E-state index in [-0.39, 0.29) is 6.09 Å². The van der Waals surface area contributed by atoms with Gasteiger partial charge in [-0.15, -0.1) is 0 Å². The summed E-state index contributed by atoms with van der Waals surface area (Å²) in [6.07, 6.45) is 18.9. The molecule has 0 aliphatic heterocycles. The van der Waals surface area contributed by atoms with Crippen molar-refractivity contribution < 1.29 is 57.3 Å². The average Bonchev–Trinajstić information content (AvgIpc) is 3.03. The summed E-state index contributed by atoms with van der Waals surface area (Å²) in [4.78, 5) is 12.3. The van der Waals surface area contributed by atoms with Crippen molar-refractivity contribution in [2.75, 3.05) is 6.61 Å². The highest BCUT2D eigenvalue weighted by molar-refractivity contribution is 8.13. The maximum atomic E-state index is 12.3. The second kappa shape index (κ2) is 21.5. The van der Waals surface area contributed by atoms with Crippen LogP contribution < -0.4 is 9.88 Å². The normalized spacial score (nSPS) is 12.5. The van der Waals surface area contributed by atoms with Crippen LogP contribution in [0.5, 0.6) is 0 Å². The lowest BCUT2D eigenvalue weighted by Crippen LogP contribution is -2.41. The summed E-state index contributed by atoms with van der Waals surface area (Å²) < 4.78 is 117. The number of carbonyl (C=O) groups excluding carboxylic acids is 1. The first-order valence-electron chi connectivity index (χ1n) is 17.1. The maximum Gasteiger partial charge on any atom is 0.480 e. The van der Waals surface area contributed by atoms with Gasteiger partial charge in [-0.3, -0.25) is 0 Å². The second-order valence-corrected chi connectivity index (χ2v) is 16.3. The lowest BCUT2D eigenvalue weighted by Gasteiger charge is -2.27. The van der Waals surface area contributed by atoms with Crippen LogP contribution in [0.2, 0.25) is 0 Å². The lowest BCUT2D eigenvalue weighted by atomic mass is 9.92. The minimum Gasteiger partial charge on any atom is -0.450 e. The van der Waals surface area contributed by atoms with Crippen LogP contribution in [-0.2, 0) is 43.3 Å². The Balaban J connectivity index is 0.000000757. The molecule has 0 aliphatic rings. The Bertz CT molecular complexity index is 1570. The molecule has 9 nitrogen and oxygen atoms in total. The van der Waals surface area contributed by atoms with E-state index in [9.17, 15) is 48.0 Å². The molecule has 17 heteroatoms. The zero-order valence-electron chi connectivity index (χ0n) is 30.2. The highest BCUT2D eigenvalue weighted by Gasteiger charge is 2.47. The number of pyridine rings is 1. The number of aryl methyl sites for hydroxylation is 2. The molecule has 0 radical (unpaired) electrons. The van der Waals surface area contributed by atoms with E-state index < -0.39 is 36.6 Å². The van der Waals surface area contributed by atoms with E-state index in [0.29, 0.717) is 6.61 Å². The van der Waals surface area contributed by atoms with Crippen LogP contribution in [0.4, 0.5) is 31.1 Å². The Hall–Kier alpha value is -3.18. The number of aromatic nitrogens is 1. The van der Waals surface area contributed by atoms with E-state index in [1.54, 1.807) is 0 Å². The van der Waals surface area contributed by atoms with Gasteiger partial charge in [0.15, 0.2) is 32.4 Å². The number of sulfonamides is 2. The van der Waals surface area contributed by atoms with Gasteiger partial charge in [0.1, 0.15) is 6.54 Å². The van der Waals surface area contributed by atoms with Crippen LogP contribution in [-0.4, -0.2) is 40.6 Å². The summed E-state index contributed by atoms with van der Waals surface area (Å²) in [7, 11) is -13.4. The molecular formula is C35H51F6N3O6S2. The largest absolute Gasteiger partial charge is 0.480 e. The molecule has 0 bridgehead atoms. The van der Waals surface area contributed by atoms with E-state index in [2.05, 4.69) is 54.0 Å². The summed E-state index contributed by atoms with van der Waals surface area (Å²) in [6, 6.07) is 12.7. The number of alkyl carbamates (subject to hydrolysis) is 1. The summed E-state index contributed by atoms with van der Waals surface area (Å²) in [5, 5.41) is 3.00. The van der Waals surface area contributed by atoms with Gasteiger partial charge in [0.2, 0.25) is 0 Å². The number of hydrogen-bond donors (Lipinski definition) is 1. The predicted molar refractivity (Wildman–Crippen MR) is 189 cm³/mol. The van der Waals surface area contributed by atoms with Crippen LogP contribution in [0.25, 0.3) is 9.70 Å². The van der Waals surface area contributed by atoms with Gasteiger partial charge >= 0.3 is 17.1 Å². The number of carbonyl (C=O) groups is 1. The van der Waals surface area contributed by atoms with Crippen molar-refractivity contribution in [3.63, 3.8) is 0 Å². The SMILES string of the molecule is C=C(C)c1cccc(C(C)(C)NC(=O)OCCCCCCCCCCCC[n+]2ccc(CCC)cc2)c1.O=S(=O)([N-]S(=O)(=O)C(F)(F)F)C(F)(F)F. The highest BCUT2D eigenvalue weighted by atomic mass is 32.3. The maximum absolute atomic E-state index is 12.3. The lowest BCUT2D eigenvalue weighted by molar-refractivity contribution is -0.697. The Labute approximate surface area is 304 Å². The third-order valence-electron chi connectivity index (χ3n) is 7.82. The fraction of sp³-hybridized carbons (Fsp3) is 0.600. The number of nitrogens with one attached hydrogen (secondary N) is 1. The van der Waals surface area contributed by atoms with Crippen molar-refractivity contribution in [3.05, 3.63) is 76.2 Å². The van der Waals surface area contributed by atoms with E-state index in [1.165, 1.54) is 69.8 Å². The quantitative estimate of drug-likeness (QED) is 0.0810. The Morgan fingerprint density at radius 3 is 1.75 bits per heavy atom. The summed E-state index contributed by atoms with van der Waals surface area (Å²) in [5.41, 5.74) is -8.32. The summed E-state index contributed by atoms with van der Waals surface area (Å²) in [6.45, 7) is 13.8. The standard InChI is InChI=1S/C33H50N2O2.C2F6NO4S2/c1-6-18-29-21-24-35(25-22-29)23-15-13-11-9-7-8-10-12-14-16-26-37-32(36)34-33(4,5)31-20-17-19-30(27-31)28(2)3;3-1(4,5)14(10,11)9-15(12,13)2(6,7)8/h17,19-22,24-25,27H,2,6-16,18,23,26H2,1,3-5H3;/q;-1/p+1. The smallest absolute Gasteiger partial charge is 0.450 e. The molecule has 1 heterocycles. The molecular weight excluding hydrogens is 737 g/mol. The number of amides is 1. The van der Waals surface area contributed by atoms with Gasteiger partial charge in [-0.2, -0.15) is 26.3 Å². The first-order valence-corrected chi connectivity index (χ1v) is 20.0. The summed E-state index contributed by atoms with van der Waals surface area (Å²) in [5.74, 6) is 0. The number of hydrogen-bond acceptors (Lipinski definition) is 6. The van der Waals surface area contributed by atoms with Crippen molar-refractivity contribution in [3.8, 4) is 0 Å². The molecule has 296 valence electrons. The molecule has 52 heavy (non-hydrogen) atoms. The number of unbranched alkanes of at least 4 members (excludes halogenated alkanes) is 9. The topological polar surface area (TPSA) is 125 Å². The average molecular weight is 788 g/mol. The molecule has 0 saturated carbocycles. The highest BCUT2D eigenvalue weighted by Crippen LogP contribution is 2.36. The van der Waals surface area contributed by atoms with Gasteiger partial charge in [-0.1, -0.05) is 88.6 Å². The van der Waals surface area contributed by atoms with Crippen molar-refractivity contribution in [1.82, 2.24) is 5.32 Å². The van der Waals surface area contributed by atoms with E-state index >= 15 is 0 Å². The number of alkyl halides is 6. The minimum atomic E-state index is -6.72. The molecule has 0 aliphatic carbocycles. The molecule has 1 N–H and O–H groups in total. The Kier molecular flexibility index (Phi) is 19.4.